The van der Waals surface area contributed by atoms with Gasteiger partial charge in [-0.15, -0.1) is 0 Å². The SMILES string of the molecule is O=S1(=O)NCc2cc(F)cc(-c3ccc(CC4CNCCO4)cc3)c2O1. The molecule has 2 aliphatic heterocycles. The van der Waals surface area contributed by atoms with E-state index in [1.54, 1.807) is 0 Å². The number of benzene rings is 2. The summed E-state index contributed by atoms with van der Waals surface area (Å²) in [4.78, 5) is 0. The van der Waals surface area contributed by atoms with Crippen molar-refractivity contribution < 1.29 is 21.7 Å². The molecule has 2 aliphatic rings. The number of ether oxygens (including phenoxy) is 1. The van der Waals surface area contributed by atoms with Gasteiger partial charge in [0.25, 0.3) is 0 Å². The average molecular weight is 378 g/mol. The lowest BCUT2D eigenvalue weighted by atomic mass is 9.98. The van der Waals surface area contributed by atoms with E-state index in [1.165, 1.54) is 12.1 Å². The quantitative estimate of drug-likeness (QED) is 0.851. The molecule has 0 aromatic heterocycles. The van der Waals surface area contributed by atoms with Gasteiger partial charge in [0.1, 0.15) is 5.82 Å². The van der Waals surface area contributed by atoms with Crippen molar-refractivity contribution in [2.75, 3.05) is 19.7 Å². The molecule has 26 heavy (non-hydrogen) atoms. The van der Waals surface area contributed by atoms with Crippen LogP contribution in [0.3, 0.4) is 0 Å². The molecule has 0 bridgehead atoms. The summed E-state index contributed by atoms with van der Waals surface area (Å²) in [5.41, 5.74) is 2.69. The minimum atomic E-state index is -3.86. The minimum absolute atomic E-state index is 0.00648. The molecule has 4 rings (SSSR count). The van der Waals surface area contributed by atoms with Gasteiger partial charge >= 0.3 is 10.3 Å². The molecule has 2 heterocycles. The number of hydrogen-bond donors (Lipinski definition) is 2. The first-order chi connectivity index (χ1) is 12.5. The summed E-state index contributed by atoms with van der Waals surface area (Å²) in [7, 11) is -3.86. The molecule has 1 unspecified atom stereocenters. The van der Waals surface area contributed by atoms with Gasteiger partial charge in [-0.3, -0.25) is 0 Å². The van der Waals surface area contributed by atoms with Crippen molar-refractivity contribution in [1.82, 2.24) is 10.0 Å². The van der Waals surface area contributed by atoms with E-state index in [-0.39, 0.29) is 18.4 Å². The standard InChI is InChI=1S/C18H19FN2O4S/c19-15-8-14-10-21-26(22,23)25-18(14)17(9-15)13-3-1-12(2-4-13)7-16-11-20-5-6-24-16/h1-4,8-9,16,20-21H,5-7,10-11H2. The van der Waals surface area contributed by atoms with E-state index in [0.717, 1.165) is 25.1 Å². The second kappa shape index (κ2) is 6.96. The second-order valence-electron chi connectivity index (χ2n) is 6.40. The third-order valence-electron chi connectivity index (χ3n) is 4.50. The molecule has 0 spiro atoms. The molecule has 1 fully saturated rings. The summed E-state index contributed by atoms with van der Waals surface area (Å²) in [5, 5.41) is 3.29. The Morgan fingerprint density at radius 2 is 2.00 bits per heavy atom. The van der Waals surface area contributed by atoms with Crippen LogP contribution in [0, 0.1) is 5.82 Å². The van der Waals surface area contributed by atoms with Gasteiger partial charge in [-0.2, -0.15) is 13.1 Å². The van der Waals surface area contributed by atoms with Crippen LogP contribution in [0.4, 0.5) is 4.39 Å². The van der Waals surface area contributed by atoms with Crippen molar-refractivity contribution in [3.05, 3.63) is 53.3 Å². The summed E-state index contributed by atoms with van der Waals surface area (Å²) in [6, 6.07) is 10.2. The van der Waals surface area contributed by atoms with Crippen LogP contribution >= 0.6 is 0 Å². The van der Waals surface area contributed by atoms with Crippen LogP contribution in [0.15, 0.2) is 36.4 Å². The monoisotopic (exact) mass is 378 g/mol. The molecule has 2 aromatic carbocycles. The highest BCUT2D eigenvalue weighted by Crippen LogP contribution is 2.37. The van der Waals surface area contributed by atoms with E-state index in [4.69, 9.17) is 8.92 Å². The Labute approximate surface area is 151 Å². The van der Waals surface area contributed by atoms with Gasteiger partial charge in [0, 0.05) is 30.8 Å². The first kappa shape index (κ1) is 17.4. The highest BCUT2D eigenvalue weighted by molar-refractivity contribution is 7.85. The third-order valence-corrected chi connectivity index (χ3v) is 5.38. The molecule has 0 aliphatic carbocycles. The smallest absolute Gasteiger partial charge is 0.375 e. The lowest BCUT2D eigenvalue weighted by Crippen LogP contribution is -2.39. The molecular weight excluding hydrogens is 359 g/mol. The van der Waals surface area contributed by atoms with E-state index >= 15 is 0 Å². The molecule has 138 valence electrons. The zero-order valence-electron chi connectivity index (χ0n) is 14.0. The van der Waals surface area contributed by atoms with E-state index < -0.39 is 16.1 Å². The maximum Gasteiger partial charge on any atom is 0.382 e. The fraction of sp³-hybridized carbons (Fsp3) is 0.333. The van der Waals surface area contributed by atoms with Gasteiger partial charge < -0.3 is 14.2 Å². The first-order valence-electron chi connectivity index (χ1n) is 8.43. The molecule has 8 heteroatoms. The number of halogens is 1. The summed E-state index contributed by atoms with van der Waals surface area (Å²) in [5.74, 6) is -0.257. The number of fused-ring (bicyclic) bond motifs is 1. The van der Waals surface area contributed by atoms with E-state index in [2.05, 4.69) is 10.0 Å². The molecule has 1 atom stereocenters. The largest absolute Gasteiger partial charge is 0.382 e. The van der Waals surface area contributed by atoms with Gasteiger partial charge in [0.15, 0.2) is 5.75 Å². The molecule has 0 saturated carbocycles. The van der Waals surface area contributed by atoms with Gasteiger partial charge in [-0.05, 0) is 29.7 Å². The third kappa shape index (κ3) is 3.73. The zero-order chi connectivity index (χ0) is 18.1. The Kier molecular flexibility index (Phi) is 4.66. The van der Waals surface area contributed by atoms with E-state index in [0.29, 0.717) is 23.3 Å². The summed E-state index contributed by atoms with van der Waals surface area (Å²) in [6.07, 6.45) is 0.916. The van der Waals surface area contributed by atoms with Crippen molar-refractivity contribution in [3.63, 3.8) is 0 Å². The molecule has 0 radical (unpaired) electrons. The van der Waals surface area contributed by atoms with Crippen LogP contribution in [0.2, 0.25) is 0 Å². The van der Waals surface area contributed by atoms with Crippen molar-refractivity contribution in [2.24, 2.45) is 0 Å². The predicted octanol–water partition coefficient (Wildman–Crippen LogP) is 1.75. The normalized spacial score (nSPS) is 21.7. The van der Waals surface area contributed by atoms with Crippen molar-refractivity contribution >= 4 is 10.3 Å². The van der Waals surface area contributed by atoms with Gasteiger partial charge in [-0.25, -0.2) is 4.39 Å². The summed E-state index contributed by atoms with van der Waals surface area (Å²) in [6.45, 7) is 2.40. The zero-order valence-corrected chi connectivity index (χ0v) is 14.8. The minimum Gasteiger partial charge on any atom is -0.375 e. The number of hydrogen-bond acceptors (Lipinski definition) is 5. The fourth-order valence-electron chi connectivity index (χ4n) is 3.23. The van der Waals surface area contributed by atoms with Crippen LogP contribution in [-0.2, 0) is 28.0 Å². The van der Waals surface area contributed by atoms with Crippen LogP contribution in [0.1, 0.15) is 11.1 Å². The Bertz CT molecular complexity index is 910. The number of morpholine rings is 1. The number of nitrogens with one attached hydrogen (secondary N) is 2. The summed E-state index contributed by atoms with van der Waals surface area (Å²) < 4.78 is 50.4. The Balaban J connectivity index is 1.62. The molecule has 2 N–H and O–H groups in total. The van der Waals surface area contributed by atoms with Gasteiger partial charge in [0.05, 0.1) is 12.7 Å². The van der Waals surface area contributed by atoms with Crippen molar-refractivity contribution in [1.29, 1.82) is 0 Å². The van der Waals surface area contributed by atoms with Crippen LogP contribution in [-0.4, -0.2) is 34.2 Å². The highest BCUT2D eigenvalue weighted by Gasteiger charge is 2.26. The van der Waals surface area contributed by atoms with Crippen molar-refractivity contribution in [2.45, 2.75) is 19.1 Å². The van der Waals surface area contributed by atoms with E-state index in [9.17, 15) is 12.8 Å². The maximum absolute atomic E-state index is 14.0. The lowest BCUT2D eigenvalue weighted by Gasteiger charge is -2.24. The molecule has 0 amide bonds. The highest BCUT2D eigenvalue weighted by atomic mass is 32.2. The number of rotatable bonds is 3. The van der Waals surface area contributed by atoms with Crippen molar-refractivity contribution in [3.8, 4) is 16.9 Å². The maximum atomic E-state index is 14.0. The Hall–Kier alpha value is -2.00. The fourth-order valence-corrected chi connectivity index (χ4v) is 4.04. The Morgan fingerprint density at radius 3 is 2.73 bits per heavy atom. The average Bonchev–Trinajstić information content (AvgIpc) is 2.63. The van der Waals surface area contributed by atoms with Crippen LogP contribution < -0.4 is 14.2 Å². The lowest BCUT2D eigenvalue weighted by molar-refractivity contribution is 0.0292. The first-order valence-corrected chi connectivity index (χ1v) is 9.84. The molecule has 1 saturated heterocycles. The van der Waals surface area contributed by atoms with Crippen LogP contribution in [0.5, 0.6) is 5.75 Å². The van der Waals surface area contributed by atoms with Crippen LogP contribution in [0.25, 0.3) is 11.1 Å². The molecule has 2 aromatic rings. The molecule has 6 nitrogen and oxygen atoms in total. The second-order valence-corrected chi connectivity index (χ2v) is 7.76. The molecular formula is C18H19FN2O4S. The topological polar surface area (TPSA) is 76.7 Å². The predicted molar refractivity (Wildman–Crippen MR) is 94.5 cm³/mol. The van der Waals surface area contributed by atoms with Gasteiger partial charge in [-0.1, -0.05) is 24.3 Å². The van der Waals surface area contributed by atoms with E-state index in [1.807, 2.05) is 24.3 Å². The Morgan fingerprint density at radius 1 is 1.19 bits per heavy atom. The van der Waals surface area contributed by atoms with Gasteiger partial charge in [0.2, 0.25) is 0 Å². The summed E-state index contributed by atoms with van der Waals surface area (Å²) >= 11 is 0.